The molecule has 1 unspecified atom stereocenters. The molecular formula is C20H19N3O3S. The largest absolute Gasteiger partial charge is 0.479 e. The van der Waals surface area contributed by atoms with E-state index in [1.807, 2.05) is 48.5 Å². The molecule has 0 radical (unpaired) electrons. The lowest BCUT2D eigenvalue weighted by molar-refractivity contribution is -0.125. The van der Waals surface area contributed by atoms with Crippen LogP contribution in [0.5, 0.6) is 5.75 Å². The molecular weight excluding hydrogens is 362 g/mol. The smallest absolute Gasteiger partial charge is 0.267 e. The zero-order chi connectivity index (χ0) is 19.0. The summed E-state index contributed by atoms with van der Waals surface area (Å²) in [5, 5.41) is 0.656. The third kappa shape index (κ3) is 3.26. The molecule has 3 aromatic rings. The summed E-state index contributed by atoms with van der Waals surface area (Å²) in [7, 11) is 1.72. The third-order valence-electron chi connectivity index (χ3n) is 4.57. The van der Waals surface area contributed by atoms with Gasteiger partial charge in [0.05, 0.1) is 15.9 Å². The molecule has 1 aliphatic rings. The van der Waals surface area contributed by atoms with Crippen LogP contribution in [0.15, 0.2) is 48.5 Å². The number of nitrogens with zero attached hydrogens (tertiary/aromatic N) is 3. The summed E-state index contributed by atoms with van der Waals surface area (Å²) in [6.07, 6.45) is -0.351. The number of hydrogen-bond donors (Lipinski definition) is 0. The van der Waals surface area contributed by atoms with E-state index in [-0.39, 0.29) is 18.2 Å². The highest BCUT2D eigenvalue weighted by Crippen LogP contribution is 2.34. The van der Waals surface area contributed by atoms with Crippen LogP contribution in [0.1, 0.15) is 13.3 Å². The maximum absolute atomic E-state index is 12.7. The predicted octanol–water partition coefficient (Wildman–Crippen LogP) is 3.46. The molecule has 7 heteroatoms. The average Bonchev–Trinajstić information content (AvgIpc) is 3.11. The molecule has 0 saturated heterocycles. The zero-order valence-electron chi connectivity index (χ0n) is 15.1. The van der Waals surface area contributed by atoms with Crippen LogP contribution in [-0.4, -0.2) is 36.5 Å². The Morgan fingerprint density at radius 1 is 1.22 bits per heavy atom. The van der Waals surface area contributed by atoms with Crippen LogP contribution in [0.4, 0.5) is 10.8 Å². The Balaban J connectivity index is 1.49. The summed E-state index contributed by atoms with van der Waals surface area (Å²) < 4.78 is 6.68. The van der Waals surface area contributed by atoms with Crippen molar-refractivity contribution in [3.05, 3.63) is 48.5 Å². The maximum atomic E-state index is 12.7. The van der Waals surface area contributed by atoms with E-state index in [9.17, 15) is 9.59 Å². The first-order valence-electron chi connectivity index (χ1n) is 8.74. The molecule has 1 atom stereocenters. The molecule has 1 aliphatic heterocycles. The molecule has 1 aromatic heterocycles. The number of para-hydroxylation sites is 3. The van der Waals surface area contributed by atoms with Gasteiger partial charge in [0.2, 0.25) is 5.91 Å². The number of carbonyl (C=O) groups is 2. The molecule has 0 bridgehead atoms. The maximum Gasteiger partial charge on any atom is 0.267 e. The number of thiazole rings is 1. The summed E-state index contributed by atoms with van der Waals surface area (Å²) >= 11 is 1.48. The molecule has 0 fully saturated rings. The van der Waals surface area contributed by atoms with Gasteiger partial charge in [0.1, 0.15) is 5.75 Å². The van der Waals surface area contributed by atoms with Gasteiger partial charge in [-0.1, -0.05) is 35.6 Å². The fraction of sp³-hybridized carbons (Fsp3) is 0.250. The predicted molar refractivity (Wildman–Crippen MR) is 107 cm³/mol. The van der Waals surface area contributed by atoms with Crippen LogP contribution in [-0.2, 0) is 9.59 Å². The van der Waals surface area contributed by atoms with E-state index in [0.717, 1.165) is 10.2 Å². The number of carbonyl (C=O) groups excluding carboxylic acids is 2. The van der Waals surface area contributed by atoms with Gasteiger partial charge in [0.15, 0.2) is 11.2 Å². The van der Waals surface area contributed by atoms with Crippen molar-refractivity contribution in [2.45, 2.75) is 19.4 Å². The van der Waals surface area contributed by atoms with E-state index in [1.54, 1.807) is 23.8 Å². The Kier molecular flexibility index (Phi) is 4.53. The normalized spacial score (nSPS) is 16.1. The van der Waals surface area contributed by atoms with E-state index < -0.39 is 6.10 Å². The van der Waals surface area contributed by atoms with Crippen molar-refractivity contribution >= 4 is 44.2 Å². The van der Waals surface area contributed by atoms with Crippen molar-refractivity contribution in [1.82, 2.24) is 4.98 Å². The molecule has 138 valence electrons. The highest BCUT2D eigenvalue weighted by Gasteiger charge is 2.31. The molecule has 27 heavy (non-hydrogen) atoms. The Morgan fingerprint density at radius 3 is 2.78 bits per heavy atom. The quantitative estimate of drug-likeness (QED) is 0.694. The van der Waals surface area contributed by atoms with E-state index in [0.29, 0.717) is 23.1 Å². The van der Waals surface area contributed by atoms with Gasteiger partial charge >= 0.3 is 0 Å². The first-order chi connectivity index (χ1) is 13.0. The van der Waals surface area contributed by atoms with Crippen molar-refractivity contribution in [2.24, 2.45) is 0 Å². The fourth-order valence-electron chi connectivity index (χ4n) is 3.07. The minimum absolute atomic E-state index is 0.0847. The van der Waals surface area contributed by atoms with Gasteiger partial charge in [0.25, 0.3) is 5.91 Å². The Hall–Kier alpha value is -2.93. The lowest BCUT2D eigenvalue weighted by Crippen LogP contribution is -2.45. The van der Waals surface area contributed by atoms with Crippen LogP contribution >= 0.6 is 11.3 Å². The molecule has 0 aliphatic carbocycles. The summed E-state index contributed by atoms with van der Waals surface area (Å²) in [4.78, 5) is 32.9. The number of hydrogen-bond acceptors (Lipinski definition) is 5. The van der Waals surface area contributed by atoms with E-state index in [1.165, 1.54) is 11.3 Å². The molecule has 2 amide bonds. The van der Waals surface area contributed by atoms with Crippen LogP contribution in [0, 0.1) is 0 Å². The number of aromatic nitrogens is 1. The molecule has 4 rings (SSSR count). The number of anilines is 2. The Labute approximate surface area is 161 Å². The van der Waals surface area contributed by atoms with Crippen molar-refractivity contribution < 1.29 is 14.3 Å². The molecule has 6 nitrogen and oxygen atoms in total. The number of amides is 2. The SMILES string of the molecule is CC1Oc2ccccc2N(CCC(=O)N(C)c2nc3ccccc3s2)C1=O. The van der Waals surface area contributed by atoms with Crippen molar-refractivity contribution in [2.75, 3.05) is 23.4 Å². The van der Waals surface area contributed by atoms with Crippen molar-refractivity contribution in [1.29, 1.82) is 0 Å². The van der Waals surface area contributed by atoms with E-state index in [4.69, 9.17) is 4.74 Å². The van der Waals surface area contributed by atoms with Crippen molar-refractivity contribution in [3.63, 3.8) is 0 Å². The summed E-state index contributed by atoms with van der Waals surface area (Å²) in [5.74, 6) is 0.444. The van der Waals surface area contributed by atoms with Gasteiger partial charge in [0, 0.05) is 20.0 Å². The molecule has 0 saturated carbocycles. The summed E-state index contributed by atoms with van der Waals surface area (Å²) in [5.41, 5.74) is 1.58. The second kappa shape index (κ2) is 7.00. The van der Waals surface area contributed by atoms with Crippen LogP contribution in [0.25, 0.3) is 10.2 Å². The number of ether oxygens (including phenoxy) is 1. The number of benzene rings is 2. The van der Waals surface area contributed by atoms with Crippen molar-refractivity contribution in [3.8, 4) is 5.75 Å². The second-order valence-corrected chi connectivity index (χ2v) is 7.39. The average molecular weight is 381 g/mol. The summed E-state index contributed by atoms with van der Waals surface area (Å²) in [6.45, 7) is 2.03. The molecule has 0 spiro atoms. The zero-order valence-corrected chi connectivity index (χ0v) is 15.9. The lowest BCUT2D eigenvalue weighted by atomic mass is 10.1. The standard InChI is InChI=1S/C20H19N3O3S/c1-13-19(25)23(15-8-4-5-9-16(15)26-13)12-11-18(24)22(2)20-21-14-7-3-6-10-17(14)27-20/h3-10,13H,11-12H2,1-2H3. The van der Waals surface area contributed by atoms with Gasteiger partial charge in [-0.15, -0.1) is 0 Å². The monoisotopic (exact) mass is 381 g/mol. The summed E-state index contributed by atoms with van der Waals surface area (Å²) in [6, 6.07) is 15.2. The lowest BCUT2D eigenvalue weighted by Gasteiger charge is -2.33. The minimum Gasteiger partial charge on any atom is -0.479 e. The minimum atomic E-state index is -0.558. The molecule has 2 heterocycles. The van der Waals surface area contributed by atoms with Crippen LogP contribution in [0.3, 0.4) is 0 Å². The van der Waals surface area contributed by atoms with Gasteiger partial charge in [-0.05, 0) is 31.2 Å². The Bertz CT molecular complexity index is 983. The highest BCUT2D eigenvalue weighted by molar-refractivity contribution is 7.22. The second-order valence-electron chi connectivity index (χ2n) is 6.38. The fourth-order valence-corrected chi connectivity index (χ4v) is 4.02. The van der Waals surface area contributed by atoms with E-state index in [2.05, 4.69) is 4.98 Å². The van der Waals surface area contributed by atoms with E-state index >= 15 is 0 Å². The van der Waals surface area contributed by atoms with Gasteiger partial charge in [-0.2, -0.15) is 0 Å². The van der Waals surface area contributed by atoms with Crippen LogP contribution < -0.4 is 14.5 Å². The first kappa shape index (κ1) is 17.5. The number of fused-ring (bicyclic) bond motifs is 2. The molecule has 2 aromatic carbocycles. The first-order valence-corrected chi connectivity index (χ1v) is 9.55. The van der Waals surface area contributed by atoms with Gasteiger partial charge in [-0.3, -0.25) is 14.5 Å². The van der Waals surface area contributed by atoms with Gasteiger partial charge in [-0.25, -0.2) is 4.98 Å². The van der Waals surface area contributed by atoms with Crippen LogP contribution in [0.2, 0.25) is 0 Å². The Morgan fingerprint density at radius 2 is 1.96 bits per heavy atom. The highest BCUT2D eigenvalue weighted by atomic mass is 32.1. The third-order valence-corrected chi connectivity index (χ3v) is 5.68. The van der Waals surface area contributed by atoms with Gasteiger partial charge < -0.3 is 9.64 Å². The topological polar surface area (TPSA) is 62.7 Å². The number of rotatable bonds is 4. The molecule has 0 N–H and O–H groups in total.